The summed E-state index contributed by atoms with van der Waals surface area (Å²) in [5.41, 5.74) is 0.632. The van der Waals surface area contributed by atoms with Gasteiger partial charge in [-0.05, 0) is 31.0 Å². The van der Waals surface area contributed by atoms with Crippen molar-refractivity contribution < 1.29 is 19.4 Å². The van der Waals surface area contributed by atoms with Crippen LogP contribution < -0.4 is 9.47 Å². The van der Waals surface area contributed by atoms with Gasteiger partial charge in [-0.3, -0.25) is 9.69 Å². The van der Waals surface area contributed by atoms with Gasteiger partial charge in [-0.1, -0.05) is 0 Å². The van der Waals surface area contributed by atoms with Crippen LogP contribution in [0.25, 0.3) is 0 Å². The molecule has 0 amide bonds. The van der Waals surface area contributed by atoms with Crippen molar-refractivity contribution in [3.05, 3.63) is 23.8 Å². The molecule has 1 aliphatic carbocycles. The summed E-state index contributed by atoms with van der Waals surface area (Å²) in [4.78, 5) is 14.3. The molecule has 1 aromatic carbocycles. The van der Waals surface area contributed by atoms with Crippen molar-refractivity contribution in [3.8, 4) is 11.5 Å². The van der Waals surface area contributed by atoms with Crippen molar-refractivity contribution in [1.82, 2.24) is 4.90 Å². The van der Waals surface area contributed by atoms with E-state index in [-0.39, 0.29) is 19.2 Å². The summed E-state index contributed by atoms with van der Waals surface area (Å²) in [6, 6.07) is 5.72. The lowest BCUT2D eigenvalue weighted by molar-refractivity contribution is 0.0906. The highest BCUT2D eigenvalue weighted by molar-refractivity contribution is 5.98. The minimum atomic E-state index is 0.0543. The monoisotopic (exact) mass is 263 g/mol. The first-order chi connectivity index (χ1) is 9.28. The summed E-state index contributed by atoms with van der Waals surface area (Å²) in [5.74, 6) is 1.37. The lowest BCUT2D eigenvalue weighted by Crippen LogP contribution is -2.34. The van der Waals surface area contributed by atoms with Crippen LogP contribution in [0.5, 0.6) is 11.5 Å². The summed E-state index contributed by atoms with van der Waals surface area (Å²) in [6.07, 6.45) is 2.24. The van der Waals surface area contributed by atoms with Gasteiger partial charge in [0.25, 0.3) is 0 Å². The molecule has 102 valence electrons. The average molecular weight is 263 g/mol. The van der Waals surface area contributed by atoms with Crippen molar-refractivity contribution in [3.63, 3.8) is 0 Å². The molecule has 1 fully saturated rings. The van der Waals surface area contributed by atoms with Crippen LogP contribution in [0.4, 0.5) is 0 Å². The fourth-order valence-corrected chi connectivity index (χ4v) is 2.30. The first kappa shape index (κ1) is 12.4. The van der Waals surface area contributed by atoms with E-state index >= 15 is 0 Å². The molecule has 3 rings (SSSR count). The van der Waals surface area contributed by atoms with E-state index in [0.717, 1.165) is 12.8 Å². The van der Waals surface area contributed by atoms with Crippen LogP contribution in [0.2, 0.25) is 0 Å². The predicted molar refractivity (Wildman–Crippen MR) is 68.6 cm³/mol. The van der Waals surface area contributed by atoms with E-state index < -0.39 is 0 Å². The number of ether oxygens (including phenoxy) is 2. The predicted octanol–water partition coefficient (Wildman–Crippen LogP) is 1.05. The van der Waals surface area contributed by atoms with Gasteiger partial charge in [0, 0.05) is 18.2 Å². The highest BCUT2D eigenvalue weighted by Gasteiger charge is 2.30. The Labute approximate surface area is 111 Å². The lowest BCUT2D eigenvalue weighted by atomic mass is 10.1. The summed E-state index contributed by atoms with van der Waals surface area (Å²) >= 11 is 0. The number of rotatable bonds is 6. The molecule has 0 spiro atoms. The van der Waals surface area contributed by atoms with Gasteiger partial charge in [-0.2, -0.15) is 0 Å². The Morgan fingerprint density at radius 3 is 2.84 bits per heavy atom. The van der Waals surface area contributed by atoms with Gasteiger partial charge >= 0.3 is 0 Å². The molecule has 1 N–H and O–H groups in total. The molecular weight excluding hydrogens is 246 g/mol. The Morgan fingerprint density at radius 1 is 1.32 bits per heavy atom. The van der Waals surface area contributed by atoms with Crippen LogP contribution in [-0.4, -0.2) is 48.3 Å². The minimum Gasteiger partial charge on any atom is -0.454 e. The van der Waals surface area contributed by atoms with Crippen molar-refractivity contribution >= 4 is 5.78 Å². The van der Waals surface area contributed by atoms with Gasteiger partial charge in [0.2, 0.25) is 6.79 Å². The van der Waals surface area contributed by atoms with Gasteiger partial charge in [0.05, 0.1) is 13.2 Å². The number of benzene rings is 1. The summed E-state index contributed by atoms with van der Waals surface area (Å²) in [5, 5.41) is 9.03. The van der Waals surface area contributed by atoms with E-state index in [4.69, 9.17) is 14.6 Å². The van der Waals surface area contributed by atoms with Crippen molar-refractivity contribution in [2.24, 2.45) is 0 Å². The third-order valence-electron chi connectivity index (χ3n) is 3.49. The highest BCUT2D eigenvalue weighted by Crippen LogP contribution is 2.33. The molecule has 0 unspecified atom stereocenters. The number of fused-ring (bicyclic) bond motifs is 1. The highest BCUT2D eigenvalue weighted by atomic mass is 16.7. The van der Waals surface area contributed by atoms with Gasteiger partial charge in [0.1, 0.15) is 0 Å². The number of hydrogen-bond acceptors (Lipinski definition) is 5. The average Bonchev–Trinajstić information content (AvgIpc) is 3.15. The molecule has 0 atom stereocenters. The Hall–Kier alpha value is -1.59. The van der Waals surface area contributed by atoms with Crippen molar-refractivity contribution in [2.45, 2.75) is 18.9 Å². The fraction of sp³-hybridized carbons (Fsp3) is 0.500. The number of ketones is 1. The van der Waals surface area contributed by atoms with E-state index in [2.05, 4.69) is 0 Å². The van der Waals surface area contributed by atoms with Crippen LogP contribution in [-0.2, 0) is 0 Å². The van der Waals surface area contributed by atoms with Crippen molar-refractivity contribution in [1.29, 1.82) is 0 Å². The quantitative estimate of drug-likeness (QED) is 0.778. The molecule has 0 bridgehead atoms. The van der Waals surface area contributed by atoms with E-state index in [9.17, 15) is 4.79 Å². The Morgan fingerprint density at radius 2 is 2.11 bits per heavy atom. The molecule has 5 nitrogen and oxygen atoms in total. The minimum absolute atomic E-state index is 0.0543. The molecule has 0 saturated heterocycles. The molecule has 1 heterocycles. The van der Waals surface area contributed by atoms with E-state index in [1.54, 1.807) is 18.2 Å². The number of nitrogens with zero attached hydrogens (tertiary/aromatic N) is 1. The molecule has 1 aliphatic heterocycles. The third-order valence-corrected chi connectivity index (χ3v) is 3.49. The number of aliphatic hydroxyl groups is 1. The van der Waals surface area contributed by atoms with E-state index in [0.29, 0.717) is 36.2 Å². The smallest absolute Gasteiger partial charge is 0.231 e. The number of aliphatic hydroxyl groups excluding tert-OH is 1. The number of hydrogen-bond donors (Lipinski definition) is 1. The molecular formula is C14H17NO4. The molecule has 0 radical (unpaired) electrons. The van der Waals surface area contributed by atoms with Crippen LogP contribution in [0.3, 0.4) is 0 Å². The zero-order valence-electron chi connectivity index (χ0n) is 10.7. The Balaban J connectivity index is 1.69. The normalized spacial score (nSPS) is 16.9. The second kappa shape index (κ2) is 5.19. The van der Waals surface area contributed by atoms with E-state index in [1.807, 2.05) is 4.90 Å². The summed E-state index contributed by atoms with van der Waals surface area (Å²) < 4.78 is 10.5. The van der Waals surface area contributed by atoms with Crippen LogP contribution in [0, 0.1) is 0 Å². The van der Waals surface area contributed by atoms with Gasteiger partial charge in [-0.15, -0.1) is 0 Å². The molecule has 0 aromatic heterocycles. The van der Waals surface area contributed by atoms with Crippen LogP contribution in [0.1, 0.15) is 23.2 Å². The Kier molecular flexibility index (Phi) is 3.40. The summed E-state index contributed by atoms with van der Waals surface area (Å²) in [7, 11) is 0. The van der Waals surface area contributed by atoms with Crippen LogP contribution in [0.15, 0.2) is 18.2 Å². The molecule has 1 saturated carbocycles. The fourth-order valence-electron chi connectivity index (χ4n) is 2.30. The topological polar surface area (TPSA) is 59.0 Å². The second-order valence-corrected chi connectivity index (χ2v) is 4.92. The maximum atomic E-state index is 12.2. The molecule has 2 aliphatic rings. The third kappa shape index (κ3) is 2.72. The second-order valence-electron chi connectivity index (χ2n) is 4.92. The zero-order chi connectivity index (χ0) is 13.2. The van der Waals surface area contributed by atoms with Crippen molar-refractivity contribution in [2.75, 3.05) is 26.5 Å². The Bertz CT molecular complexity index is 484. The van der Waals surface area contributed by atoms with Gasteiger partial charge in [-0.25, -0.2) is 0 Å². The van der Waals surface area contributed by atoms with E-state index in [1.165, 1.54) is 0 Å². The van der Waals surface area contributed by atoms with Gasteiger partial charge < -0.3 is 14.6 Å². The van der Waals surface area contributed by atoms with Crippen LogP contribution >= 0.6 is 0 Å². The number of Topliss-reactive ketones (excluding diaryl/α,β-unsaturated/α-hetero) is 1. The molecule has 5 heteroatoms. The molecule has 19 heavy (non-hydrogen) atoms. The van der Waals surface area contributed by atoms with Gasteiger partial charge in [0.15, 0.2) is 17.3 Å². The number of carbonyl (C=O) groups excluding carboxylic acids is 1. The summed E-state index contributed by atoms with van der Waals surface area (Å²) in [6.45, 7) is 1.21. The lowest BCUT2D eigenvalue weighted by Gasteiger charge is -2.19. The zero-order valence-corrected chi connectivity index (χ0v) is 10.7. The molecule has 1 aromatic rings. The SMILES string of the molecule is O=C(CN(CCO)C1CC1)c1ccc2c(c1)OCO2. The maximum absolute atomic E-state index is 12.2. The largest absolute Gasteiger partial charge is 0.454 e. The maximum Gasteiger partial charge on any atom is 0.231 e. The standard InChI is InChI=1S/C14H17NO4/c16-6-5-15(11-2-3-11)8-12(17)10-1-4-13-14(7-10)19-9-18-13/h1,4,7,11,16H,2-3,5-6,8-9H2. The number of carbonyl (C=O) groups is 1. The first-order valence-electron chi connectivity index (χ1n) is 6.55. The first-order valence-corrected chi connectivity index (χ1v) is 6.55.